The van der Waals surface area contributed by atoms with E-state index in [1.165, 1.54) is 0 Å². The minimum absolute atomic E-state index is 0.0924. The zero-order chi connectivity index (χ0) is 37.2. The molecular formula is C36H56N4O8S2. The number of hydrogen-bond donors (Lipinski definition) is 4. The molecule has 0 saturated carbocycles. The van der Waals surface area contributed by atoms with Crippen molar-refractivity contribution in [3.8, 4) is 0 Å². The SMILES string of the molecule is Cc1ccc(S(=O)(=O)NC(CC(C)C)C(=O)N2CCC[C@@H]2CO)cc1.Cc1ccc(S(=O)(=O)NC(CC(C)C)C(=O)N2CCC[C@@H]2CO)cc1. The largest absolute Gasteiger partial charge is 0.394 e. The Bertz CT molecular complexity index is 1490. The van der Waals surface area contributed by atoms with Crippen molar-refractivity contribution in [1.29, 1.82) is 0 Å². The molecule has 0 aliphatic carbocycles. The van der Waals surface area contributed by atoms with Gasteiger partial charge >= 0.3 is 0 Å². The van der Waals surface area contributed by atoms with Crippen LogP contribution in [0.25, 0.3) is 0 Å². The van der Waals surface area contributed by atoms with Gasteiger partial charge in [-0.05, 0) is 88.5 Å². The Morgan fingerprint density at radius 3 is 1.26 bits per heavy atom. The van der Waals surface area contributed by atoms with Crippen LogP contribution in [0.15, 0.2) is 58.3 Å². The van der Waals surface area contributed by atoms with Crippen LogP contribution in [0.4, 0.5) is 0 Å². The third-order valence-electron chi connectivity index (χ3n) is 9.01. The summed E-state index contributed by atoms with van der Waals surface area (Å²) in [6, 6.07) is 11.0. The number of carbonyl (C=O) groups excluding carboxylic acids is 2. The van der Waals surface area contributed by atoms with Gasteiger partial charge in [-0.25, -0.2) is 16.8 Å². The lowest BCUT2D eigenvalue weighted by molar-refractivity contribution is -0.135. The van der Waals surface area contributed by atoms with Crippen molar-refractivity contribution < 1.29 is 36.6 Å². The van der Waals surface area contributed by atoms with Gasteiger partial charge in [-0.2, -0.15) is 9.44 Å². The van der Waals surface area contributed by atoms with Crippen LogP contribution in [0.5, 0.6) is 0 Å². The van der Waals surface area contributed by atoms with E-state index < -0.39 is 32.1 Å². The van der Waals surface area contributed by atoms with E-state index in [1.807, 2.05) is 41.5 Å². The van der Waals surface area contributed by atoms with Gasteiger partial charge in [-0.3, -0.25) is 9.59 Å². The number of benzene rings is 2. The van der Waals surface area contributed by atoms with E-state index in [0.717, 1.165) is 36.8 Å². The summed E-state index contributed by atoms with van der Waals surface area (Å²) in [5, 5.41) is 18.9. The Balaban J connectivity index is 0.000000270. The van der Waals surface area contributed by atoms with Crippen LogP contribution in [0.3, 0.4) is 0 Å². The average Bonchev–Trinajstić information content (AvgIpc) is 3.73. The molecule has 50 heavy (non-hydrogen) atoms. The van der Waals surface area contributed by atoms with Gasteiger partial charge < -0.3 is 20.0 Å². The third kappa shape index (κ3) is 11.6. The van der Waals surface area contributed by atoms with Crippen LogP contribution in [0.2, 0.25) is 0 Å². The van der Waals surface area contributed by atoms with Gasteiger partial charge in [0.25, 0.3) is 0 Å². The number of likely N-dealkylation sites (tertiary alicyclic amines) is 2. The fraction of sp³-hybridized carbons (Fsp3) is 0.611. The van der Waals surface area contributed by atoms with Crippen LogP contribution < -0.4 is 9.44 Å². The summed E-state index contributed by atoms with van der Waals surface area (Å²) in [6.45, 7) is 12.5. The second-order valence-corrected chi connectivity index (χ2v) is 17.7. The first kappa shape index (κ1) is 41.5. The topological polar surface area (TPSA) is 173 Å². The molecular weight excluding hydrogens is 681 g/mol. The minimum atomic E-state index is -3.78. The van der Waals surface area contributed by atoms with Crippen molar-refractivity contribution in [3.05, 3.63) is 59.7 Å². The summed E-state index contributed by atoms with van der Waals surface area (Å²) in [5.74, 6) is -0.184. The number of aryl methyl sites for hydroxylation is 2. The maximum atomic E-state index is 12.9. The number of hydrogen-bond acceptors (Lipinski definition) is 8. The molecule has 0 spiro atoms. The summed E-state index contributed by atoms with van der Waals surface area (Å²) < 4.78 is 55.9. The Hall–Kier alpha value is -2.88. The number of nitrogens with zero attached hydrogens (tertiary/aromatic N) is 2. The molecule has 0 bridgehead atoms. The molecule has 2 aromatic carbocycles. The molecule has 2 aliphatic heterocycles. The standard InChI is InChI=1S/2C18H28N2O4S/c2*1-13(2)11-17(18(22)20-10-4-5-15(20)12-21)19-25(23,24)16-8-6-14(3)7-9-16/h2*6-9,13,15,17,19,21H,4-5,10-12H2,1-3H3/t2*15-,17?/m11/s1. The maximum Gasteiger partial charge on any atom is 0.241 e. The highest BCUT2D eigenvalue weighted by Gasteiger charge is 2.36. The molecule has 280 valence electrons. The molecule has 4 N–H and O–H groups in total. The zero-order valence-corrected chi connectivity index (χ0v) is 31.8. The van der Waals surface area contributed by atoms with Gasteiger partial charge in [0.2, 0.25) is 31.9 Å². The number of aliphatic hydroxyl groups is 2. The lowest BCUT2D eigenvalue weighted by atomic mass is 10.0. The highest BCUT2D eigenvalue weighted by atomic mass is 32.2. The highest BCUT2D eigenvalue weighted by molar-refractivity contribution is 7.89. The van der Waals surface area contributed by atoms with Crippen molar-refractivity contribution in [2.24, 2.45) is 11.8 Å². The van der Waals surface area contributed by atoms with Gasteiger partial charge in [0.1, 0.15) is 12.1 Å². The molecule has 2 saturated heterocycles. The normalized spacial score (nSPS) is 19.4. The van der Waals surface area contributed by atoms with Crippen LogP contribution in [-0.4, -0.2) is 99.1 Å². The third-order valence-corrected chi connectivity index (χ3v) is 12.0. The van der Waals surface area contributed by atoms with Crippen molar-refractivity contribution in [2.75, 3.05) is 26.3 Å². The number of sulfonamides is 2. The number of nitrogens with one attached hydrogen (secondary N) is 2. The predicted octanol–water partition coefficient (Wildman–Crippen LogP) is 3.34. The van der Waals surface area contributed by atoms with Crippen molar-refractivity contribution in [3.63, 3.8) is 0 Å². The first-order valence-corrected chi connectivity index (χ1v) is 20.5. The molecule has 2 unspecified atom stereocenters. The van der Waals surface area contributed by atoms with E-state index in [1.54, 1.807) is 58.3 Å². The predicted molar refractivity (Wildman–Crippen MR) is 193 cm³/mol. The van der Waals surface area contributed by atoms with Crippen LogP contribution in [0.1, 0.15) is 77.3 Å². The molecule has 12 nitrogen and oxygen atoms in total. The average molecular weight is 737 g/mol. The number of rotatable bonds is 14. The number of amides is 2. The lowest BCUT2D eigenvalue weighted by Crippen LogP contribution is -2.51. The van der Waals surface area contributed by atoms with Gasteiger partial charge in [-0.15, -0.1) is 0 Å². The number of carbonyl (C=O) groups is 2. The Kier molecular flexibility index (Phi) is 15.4. The Morgan fingerprint density at radius 2 is 0.980 bits per heavy atom. The Labute approximate surface area is 298 Å². The van der Waals surface area contributed by atoms with Gasteiger partial charge in [0, 0.05) is 13.1 Å². The summed E-state index contributed by atoms with van der Waals surface area (Å²) in [6.07, 6.45) is 3.99. The highest BCUT2D eigenvalue weighted by Crippen LogP contribution is 2.23. The van der Waals surface area contributed by atoms with Crippen LogP contribution >= 0.6 is 0 Å². The monoisotopic (exact) mass is 736 g/mol. The van der Waals surface area contributed by atoms with Crippen LogP contribution in [0, 0.1) is 25.7 Å². The fourth-order valence-electron chi connectivity index (χ4n) is 6.32. The summed E-state index contributed by atoms with van der Waals surface area (Å²) >= 11 is 0. The molecule has 4 rings (SSSR count). The van der Waals surface area contributed by atoms with E-state index >= 15 is 0 Å². The molecule has 2 aliphatic rings. The lowest BCUT2D eigenvalue weighted by Gasteiger charge is -2.29. The molecule has 2 fully saturated rings. The molecule has 2 heterocycles. The van der Waals surface area contributed by atoms with E-state index in [0.29, 0.717) is 25.9 Å². The first-order valence-electron chi connectivity index (χ1n) is 17.5. The van der Waals surface area contributed by atoms with Gasteiger partial charge in [-0.1, -0.05) is 63.1 Å². The van der Waals surface area contributed by atoms with E-state index in [2.05, 4.69) is 9.44 Å². The summed E-state index contributed by atoms with van der Waals surface area (Å²) in [4.78, 5) is 29.3. The zero-order valence-electron chi connectivity index (χ0n) is 30.2. The maximum absolute atomic E-state index is 12.9. The molecule has 0 aromatic heterocycles. The van der Waals surface area contributed by atoms with E-state index in [9.17, 15) is 36.6 Å². The molecule has 2 amide bonds. The van der Waals surface area contributed by atoms with Crippen molar-refractivity contribution >= 4 is 31.9 Å². The van der Waals surface area contributed by atoms with Crippen molar-refractivity contribution in [1.82, 2.24) is 19.2 Å². The quantitative estimate of drug-likeness (QED) is 0.229. The number of aliphatic hydroxyl groups excluding tert-OH is 2. The second-order valence-electron chi connectivity index (χ2n) is 14.3. The minimum Gasteiger partial charge on any atom is -0.394 e. The van der Waals surface area contributed by atoms with Gasteiger partial charge in [0.05, 0.1) is 35.1 Å². The van der Waals surface area contributed by atoms with E-state index in [4.69, 9.17) is 0 Å². The summed E-state index contributed by atoms with van der Waals surface area (Å²) in [5.41, 5.74) is 1.94. The molecule has 4 atom stereocenters. The first-order chi connectivity index (χ1) is 23.5. The van der Waals surface area contributed by atoms with E-state index in [-0.39, 0.29) is 58.7 Å². The Morgan fingerprint density at radius 1 is 0.660 bits per heavy atom. The molecule has 2 aromatic rings. The smallest absolute Gasteiger partial charge is 0.241 e. The fourth-order valence-corrected chi connectivity index (χ4v) is 8.72. The molecule has 14 heteroatoms. The van der Waals surface area contributed by atoms with Crippen LogP contribution in [-0.2, 0) is 29.6 Å². The van der Waals surface area contributed by atoms with Crippen molar-refractivity contribution in [2.45, 2.75) is 114 Å². The second kappa shape index (κ2) is 18.6. The van der Waals surface area contributed by atoms with Gasteiger partial charge in [0.15, 0.2) is 0 Å². The molecule has 0 radical (unpaired) electrons. The summed E-state index contributed by atoms with van der Waals surface area (Å²) in [7, 11) is -7.56.